The zero-order valence-electron chi connectivity index (χ0n) is 15.4. The first-order valence-electron chi connectivity index (χ1n) is 8.98. The highest BCUT2D eigenvalue weighted by Crippen LogP contribution is 2.39. The number of rotatable bonds is 6. The number of carboxylic acid groups (broad SMARTS) is 1. The van der Waals surface area contributed by atoms with E-state index in [-0.39, 0.29) is 5.92 Å². The summed E-state index contributed by atoms with van der Waals surface area (Å²) in [6, 6.07) is 4.09. The molecule has 8 heteroatoms. The summed E-state index contributed by atoms with van der Waals surface area (Å²) in [6.07, 6.45) is 3.45. The number of carbonyl (C=O) groups is 1. The van der Waals surface area contributed by atoms with Gasteiger partial charge in [0.15, 0.2) is 5.82 Å². The third kappa shape index (κ3) is 4.07. The first kappa shape index (κ1) is 18.4. The van der Waals surface area contributed by atoms with Crippen LogP contribution in [0.2, 0.25) is 0 Å². The van der Waals surface area contributed by atoms with Crippen LogP contribution < -0.4 is 5.32 Å². The predicted octanol–water partition coefficient (Wildman–Crippen LogP) is 1.74. The van der Waals surface area contributed by atoms with E-state index < -0.39 is 17.3 Å². The van der Waals surface area contributed by atoms with E-state index >= 15 is 0 Å². The normalized spacial score (nSPS) is 20.0. The van der Waals surface area contributed by atoms with E-state index in [4.69, 9.17) is 0 Å². The fraction of sp³-hybridized carbons (Fsp3) is 0.611. The maximum atomic E-state index is 12.0. The lowest BCUT2D eigenvalue weighted by molar-refractivity contribution is -0.146. The molecule has 3 unspecified atom stereocenters. The lowest BCUT2D eigenvalue weighted by atomic mass is 9.71. The summed E-state index contributed by atoms with van der Waals surface area (Å²) in [7, 11) is 0. The number of aromatic nitrogens is 5. The molecule has 0 radical (unpaired) electrons. The maximum absolute atomic E-state index is 12.0. The van der Waals surface area contributed by atoms with Crippen molar-refractivity contribution in [3.05, 3.63) is 35.4 Å². The van der Waals surface area contributed by atoms with Crippen LogP contribution >= 0.6 is 0 Å². The molecule has 3 atom stereocenters. The monoisotopic (exact) mass is 358 g/mol. The lowest BCUT2D eigenvalue weighted by Crippen LogP contribution is -2.35. The van der Waals surface area contributed by atoms with Crippen LogP contribution in [0.1, 0.15) is 56.1 Å². The first-order chi connectivity index (χ1) is 12.4. The molecule has 140 valence electrons. The van der Waals surface area contributed by atoms with Crippen molar-refractivity contribution in [2.75, 3.05) is 13.1 Å². The fourth-order valence-corrected chi connectivity index (χ4v) is 3.79. The highest BCUT2D eigenvalue weighted by Gasteiger charge is 2.41. The molecule has 3 N–H and O–H groups in total. The molecule has 1 saturated heterocycles. The van der Waals surface area contributed by atoms with Crippen molar-refractivity contribution in [1.29, 1.82) is 0 Å². The third-order valence-corrected chi connectivity index (χ3v) is 5.08. The van der Waals surface area contributed by atoms with E-state index in [1.54, 1.807) is 0 Å². The van der Waals surface area contributed by atoms with E-state index in [1.165, 1.54) is 0 Å². The number of aromatic amines is 1. The van der Waals surface area contributed by atoms with Gasteiger partial charge in [0.2, 0.25) is 0 Å². The maximum Gasteiger partial charge on any atom is 0.307 e. The molecule has 0 bridgehead atoms. The van der Waals surface area contributed by atoms with Gasteiger partial charge in [0, 0.05) is 30.3 Å². The summed E-state index contributed by atoms with van der Waals surface area (Å²) in [5.41, 5.74) is 1.62. The average molecular weight is 358 g/mol. The van der Waals surface area contributed by atoms with Crippen LogP contribution in [0.15, 0.2) is 18.3 Å². The van der Waals surface area contributed by atoms with Gasteiger partial charge in [-0.25, -0.2) is 0 Å². The van der Waals surface area contributed by atoms with Gasteiger partial charge < -0.3 is 10.4 Å². The van der Waals surface area contributed by atoms with Crippen LogP contribution in [-0.2, 0) is 11.2 Å². The van der Waals surface area contributed by atoms with E-state index in [0.717, 1.165) is 30.8 Å². The second kappa shape index (κ2) is 7.49. The van der Waals surface area contributed by atoms with Crippen LogP contribution in [0.5, 0.6) is 0 Å². The minimum atomic E-state index is -0.853. The Kier molecular flexibility index (Phi) is 5.31. The molecule has 2 aromatic rings. The number of carboxylic acids is 1. The highest BCUT2D eigenvalue weighted by molar-refractivity contribution is 5.72. The lowest BCUT2D eigenvalue weighted by Gasteiger charge is -2.32. The topological polar surface area (TPSA) is 117 Å². The molecule has 0 spiro atoms. The number of hydrogen-bond donors (Lipinski definition) is 3. The molecule has 26 heavy (non-hydrogen) atoms. The molecule has 8 nitrogen and oxygen atoms in total. The summed E-state index contributed by atoms with van der Waals surface area (Å²) >= 11 is 0. The van der Waals surface area contributed by atoms with Crippen molar-refractivity contribution in [2.24, 2.45) is 11.3 Å². The van der Waals surface area contributed by atoms with Gasteiger partial charge in [0.05, 0.1) is 5.92 Å². The van der Waals surface area contributed by atoms with Crippen LogP contribution in [0.25, 0.3) is 0 Å². The van der Waals surface area contributed by atoms with Crippen molar-refractivity contribution in [3.8, 4) is 0 Å². The van der Waals surface area contributed by atoms with Crippen molar-refractivity contribution in [2.45, 2.75) is 45.4 Å². The first-order valence-corrected chi connectivity index (χ1v) is 8.98. The molecular weight excluding hydrogens is 332 g/mol. The standard InChI is InChI=1S/C18H26N6O2/c1-18(2,3)15(17(25)26)13(16-21-23-24-22-16)8-11-4-5-14(20-9-11)12-6-7-19-10-12/h4-5,9,12-13,15,19H,6-8,10H2,1-3H3,(H,25,26)(H,21,22,23,24). The number of aliphatic carboxylic acids is 1. The zero-order valence-corrected chi connectivity index (χ0v) is 15.4. The van der Waals surface area contributed by atoms with Crippen molar-refractivity contribution < 1.29 is 9.90 Å². The summed E-state index contributed by atoms with van der Waals surface area (Å²) in [5.74, 6) is -0.991. The number of nitrogens with zero attached hydrogens (tertiary/aromatic N) is 4. The Labute approximate surface area is 152 Å². The molecule has 3 heterocycles. The predicted molar refractivity (Wildman–Crippen MR) is 95.7 cm³/mol. The molecule has 1 fully saturated rings. The van der Waals surface area contributed by atoms with Crippen LogP contribution in [-0.4, -0.2) is 49.8 Å². The van der Waals surface area contributed by atoms with E-state index in [1.807, 2.05) is 39.1 Å². The SMILES string of the molecule is CC(C)(C)C(C(=O)O)C(Cc1ccc(C2CCNC2)nc1)c1nn[nH]n1. The summed E-state index contributed by atoms with van der Waals surface area (Å²) < 4.78 is 0. The van der Waals surface area contributed by atoms with Crippen molar-refractivity contribution in [3.63, 3.8) is 0 Å². The molecule has 3 rings (SSSR count). The van der Waals surface area contributed by atoms with Gasteiger partial charge in [-0.2, -0.15) is 5.21 Å². The molecule has 1 aliphatic rings. The summed E-state index contributed by atoms with van der Waals surface area (Å²) in [6.45, 7) is 7.76. The Bertz CT molecular complexity index is 717. The second-order valence-electron chi connectivity index (χ2n) is 8.04. The fourth-order valence-electron chi connectivity index (χ4n) is 3.79. The number of hydrogen-bond acceptors (Lipinski definition) is 6. The van der Waals surface area contributed by atoms with Gasteiger partial charge in [-0.15, -0.1) is 10.2 Å². The number of nitrogens with one attached hydrogen (secondary N) is 2. The molecular formula is C18H26N6O2. The van der Waals surface area contributed by atoms with Crippen LogP contribution in [0, 0.1) is 11.3 Å². The van der Waals surface area contributed by atoms with E-state index in [9.17, 15) is 9.90 Å². The van der Waals surface area contributed by atoms with Crippen LogP contribution in [0.4, 0.5) is 0 Å². The minimum Gasteiger partial charge on any atom is -0.481 e. The third-order valence-electron chi connectivity index (χ3n) is 5.08. The summed E-state index contributed by atoms with van der Waals surface area (Å²) in [5, 5.41) is 27.4. The van der Waals surface area contributed by atoms with E-state index in [0.29, 0.717) is 18.2 Å². The number of pyridine rings is 1. The van der Waals surface area contributed by atoms with E-state index in [2.05, 4.69) is 30.9 Å². The largest absolute Gasteiger partial charge is 0.481 e. The van der Waals surface area contributed by atoms with Crippen LogP contribution in [0.3, 0.4) is 0 Å². The van der Waals surface area contributed by atoms with Crippen molar-refractivity contribution >= 4 is 5.97 Å². The molecule has 0 aliphatic carbocycles. The quantitative estimate of drug-likeness (QED) is 0.720. The average Bonchev–Trinajstić information content (AvgIpc) is 3.27. The zero-order chi connectivity index (χ0) is 18.7. The summed E-state index contributed by atoms with van der Waals surface area (Å²) in [4.78, 5) is 16.6. The number of tetrazole rings is 1. The second-order valence-corrected chi connectivity index (χ2v) is 8.04. The molecule has 0 amide bonds. The molecule has 0 saturated carbocycles. The van der Waals surface area contributed by atoms with Gasteiger partial charge in [-0.3, -0.25) is 9.78 Å². The molecule has 2 aromatic heterocycles. The molecule has 1 aliphatic heterocycles. The number of H-pyrrole nitrogens is 1. The van der Waals surface area contributed by atoms with Crippen molar-refractivity contribution in [1.82, 2.24) is 30.9 Å². The van der Waals surface area contributed by atoms with Gasteiger partial charge in [0.1, 0.15) is 0 Å². The Morgan fingerprint density at radius 2 is 2.19 bits per heavy atom. The molecule has 0 aromatic carbocycles. The minimum absolute atomic E-state index is 0.382. The van der Waals surface area contributed by atoms with Gasteiger partial charge in [-0.1, -0.05) is 32.1 Å². The smallest absolute Gasteiger partial charge is 0.307 e. The Balaban J connectivity index is 1.85. The Hall–Kier alpha value is -2.35. The highest BCUT2D eigenvalue weighted by atomic mass is 16.4. The Morgan fingerprint density at radius 1 is 1.38 bits per heavy atom. The Morgan fingerprint density at radius 3 is 2.69 bits per heavy atom. The van der Waals surface area contributed by atoms with Gasteiger partial charge >= 0.3 is 5.97 Å². The van der Waals surface area contributed by atoms with Gasteiger partial charge in [0.25, 0.3) is 0 Å². The van der Waals surface area contributed by atoms with Gasteiger partial charge in [-0.05, 0) is 36.4 Å².